The summed E-state index contributed by atoms with van der Waals surface area (Å²) >= 11 is 1.42. The molecule has 0 aliphatic carbocycles. The number of ketones is 1. The third-order valence-corrected chi connectivity index (χ3v) is 3.08. The molecule has 0 aromatic heterocycles. The van der Waals surface area contributed by atoms with E-state index >= 15 is 0 Å². The van der Waals surface area contributed by atoms with Gasteiger partial charge < -0.3 is 4.90 Å². The Bertz CT molecular complexity index is 396. The van der Waals surface area contributed by atoms with E-state index in [1.165, 1.54) is 11.8 Å². The monoisotopic (exact) mass is 259 g/mol. The molecule has 1 aromatic carbocycles. The molecule has 0 bridgehead atoms. The number of nitrogens with zero attached hydrogens (tertiary/aromatic N) is 1. The van der Waals surface area contributed by atoms with E-state index in [0.29, 0.717) is 0 Å². The maximum absolute atomic E-state index is 13.3. The van der Waals surface area contributed by atoms with Crippen LogP contribution in [0.2, 0.25) is 0 Å². The molecule has 0 unspecified atom stereocenters. The Kier molecular flexibility index (Phi) is 5.58. The normalized spacial score (nSPS) is 10.9. The van der Waals surface area contributed by atoms with Crippen LogP contribution in [0.4, 0.5) is 8.78 Å². The summed E-state index contributed by atoms with van der Waals surface area (Å²) in [5, 5.41) is 0. The summed E-state index contributed by atoms with van der Waals surface area (Å²) in [7, 11) is 3.88. The van der Waals surface area contributed by atoms with Gasteiger partial charge in [-0.3, -0.25) is 4.79 Å². The number of carbonyl (C=O) groups excluding carboxylic acids is 1. The van der Waals surface area contributed by atoms with Gasteiger partial charge in [0.25, 0.3) is 0 Å². The Balaban J connectivity index is 2.49. The molecule has 0 fully saturated rings. The van der Waals surface area contributed by atoms with E-state index in [2.05, 4.69) is 0 Å². The molecule has 1 aromatic rings. The molecule has 0 aliphatic heterocycles. The lowest BCUT2D eigenvalue weighted by atomic mass is 10.1. The molecule has 2 nitrogen and oxygen atoms in total. The van der Waals surface area contributed by atoms with Crippen LogP contribution in [0.5, 0.6) is 0 Å². The zero-order valence-corrected chi connectivity index (χ0v) is 10.7. The average molecular weight is 259 g/mol. The van der Waals surface area contributed by atoms with E-state index < -0.39 is 11.6 Å². The molecule has 0 saturated heterocycles. The lowest BCUT2D eigenvalue weighted by Gasteiger charge is -2.08. The summed E-state index contributed by atoms with van der Waals surface area (Å²) in [5.41, 5.74) is -0.164. The molecular formula is C12H15F2NOS. The van der Waals surface area contributed by atoms with Gasteiger partial charge in [-0.2, -0.15) is 11.8 Å². The molecule has 0 spiro atoms. The van der Waals surface area contributed by atoms with E-state index in [9.17, 15) is 13.6 Å². The summed E-state index contributed by atoms with van der Waals surface area (Å²) in [6, 6.07) is 2.93. The first-order valence-corrected chi connectivity index (χ1v) is 6.37. The predicted molar refractivity (Wildman–Crippen MR) is 66.6 cm³/mol. The number of halogens is 2. The highest BCUT2D eigenvalue weighted by Gasteiger charge is 2.12. The number of Topliss-reactive ketones (excluding diaryl/α,β-unsaturated/α-hetero) is 1. The van der Waals surface area contributed by atoms with Gasteiger partial charge in [-0.1, -0.05) is 0 Å². The van der Waals surface area contributed by atoms with Crippen LogP contribution in [-0.2, 0) is 0 Å². The smallest absolute Gasteiger partial charge is 0.175 e. The largest absolute Gasteiger partial charge is 0.309 e. The Labute approximate surface area is 104 Å². The molecular weight excluding hydrogens is 244 g/mol. The van der Waals surface area contributed by atoms with Gasteiger partial charge in [-0.15, -0.1) is 0 Å². The quantitative estimate of drug-likeness (QED) is 0.578. The first-order valence-electron chi connectivity index (χ1n) is 5.21. The van der Waals surface area contributed by atoms with Crippen LogP contribution in [-0.4, -0.2) is 42.8 Å². The number of carbonyl (C=O) groups is 1. The lowest BCUT2D eigenvalue weighted by Crippen LogP contribution is -2.16. The summed E-state index contributed by atoms with van der Waals surface area (Å²) in [4.78, 5) is 13.6. The molecule has 0 amide bonds. The maximum atomic E-state index is 13.3. The minimum Gasteiger partial charge on any atom is -0.309 e. The molecule has 0 aliphatic rings. The van der Waals surface area contributed by atoms with Gasteiger partial charge in [0.15, 0.2) is 5.78 Å². The Hall–Kier alpha value is -0.940. The molecule has 0 radical (unpaired) electrons. The molecule has 5 heteroatoms. The SMILES string of the molecule is CN(C)CCSCC(=O)c1cc(F)ccc1F. The zero-order chi connectivity index (χ0) is 12.8. The fourth-order valence-corrected chi connectivity index (χ4v) is 2.18. The first-order chi connectivity index (χ1) is 8.00. The molecule has 94 valence electrons. The van der Waals surface area contributed by atoms with Crippen molar-refractivity contribution in [1.29, 1.82) is 0 Å². The molecule has 0 heterocycles. The van der Waals surface area contributed by atoms with E-state index in [-0.39, 0.29) is 17.1 Å². The number of thioether (sulfide) groups is 1. The van der Waals surface area contributed by atoms with E-state index in [4.69, 9.17) is 0 Å². The van der Waals surface area contributed by atoms with Crippen molar-refractivity contribution in [2.45, 2.75) is 0 Å². The number of benzene rings is 1. The minimum atomic E-state index is -0.662. The fourth-order valence-electron chi connectivity index (χ4n) is 1.20. The first kappa shape index (κ1) is 14.1. The number of hydrogen-bond acceptors (Lipinski definition) is 3. The number of hydrogen-bond donors (Lipinski definition) is 0. The molecule has 0 N–H and O–H groups in total. The molecule has 0 atom stereocenters. The van der Waals surface area contributed by atoms with E-state index in [1.807, 2.05) is 19.0 Å². The van der Waals surface area contributed by atoms with Crippen LogP contribution in [0.3, 0.4) is 0 Å². The third kappa shape index (κ3) is 4.83. The predicted octanol–water partition coefficient (Wildman–Crippen LogP) is 2.44. The second kappa shape index (κ2) is 6.71. The zero-order valence-electron chi connectivity index (χ0n) is 9.87. The van der Waals surface area contributed by atoms with Gasteiger partial charge in [0, 0.05) is 12.3 Å². The highest BCUT2D eigenvalue weighted by Crippen LogP contribution is 2.13. The van der Waals surface area contributed by atoms with Crippen LogP contribution in [0.1, 0.15) is 10.4 Å². The van der Waals surface area contributed by atoms with Gasteiger partial charge in [-0.25, -0.2) is 8.78 Å². The van der Waals surface area contributed by atoms with Crippen molar-refractivity contribution < 1.29 is 13.6 Å². The summed E-state index contributed by atoms with van der Waals surface area (Å²) in [6.07, 6.45) is 0. The van der Waals surface area contributed by atoms with Crippen molar-refractivity contribution >= 4 is 17.5 Å². The highest BCUT2D eigenvalue weighted by atomic mass is 32.2. The molecule has 1 rings (SSSR count). The summed E-state index contributed by atoms with van der Waals surface area (Å²) in [5.74, 6) is -0.660. The summed E-state index contributed by atoms with van der Waals surface area (Å²) in [6.45, 7) is 0.851. The van der Waals surface area contributed by atoms with Gasteiger partial charge in [-0.05, 0) is 32.3 Å². The Morgan fingerprint density at radius 2 is 2.06 bits per heavy atom. The minimum absolute atomic E-state index is 0.164. The van der Waals surface area contributed by atoms with Crippen LogP contribution in [0.25, 0.3) is 0 Å². The van der Waals surface area contributed by atoms with E-state index in [1.54, 1.807) is 0 Å². The van der Waals surface area contributed by atoms with Crippen LogP contribution >= 0.6 is 11.8 Å². The van der Waals surface area contributed by atoms with Gasteiger partial charge in [0.1, 0.15) is 11.6 Å². The average Bonchev–Trinajstić information content (AvgIpc) is 2.27. The topological polar surface area (TPSA) is 20.3 Å². The van der Waals surface area contributed by atoms with Crippen molar-refractivity contribution in [1.82, 2.24) is 4.90 Å². The summed E-state index contributed by atoms with van der Waals surface area (Å²) < 4.78 is 26.1. The standard InChI is InChI=1S/C12H15F2NOS/c1-15(2)5-6-17-8-12(16)10-7-9(13)3-4-11(10)14/h3-4,7H,5-6,8H2,1-2H3. The van der Waals surface area contributed by atoms with Gasteiger partial charge >= 0.3 is 0 Å². The molecule has 0 saturated carbocycles. The second-order valence-electron chi connectivity index (χ2n) is 3.90. The Morgan fingerprint density at radius 3 is 2.71 bits per heavy atom. The second-order valence-corrected chi connectivity index (χ2v) is 5.01. The van der Waals surface area contributed by atoms with Gasteiger partial charge in [0.2, 0.25) is 0 Å². The van der Waals surface area contributed by atoms with Crippen molar-refractivity contribution in [3.63, 3.8) is 0 Å². The fraction of sp³-hybridized carbons (Fsp3) is 0.417. The van der Waals surface area contributed by atoms with Crippen LogP contribution < -0.4 is 0 Å². The third-order valence-electron chi connectivity index (χ3n) is 2.14. The van der Waals surface area contributed by atoms with Crippen molar-refractivity contribution in [3.8, 4) is 0 Å². The van der Waals surface area contributed by atoms with Crippen LogP contribution in [0, 0.1) is 11.6 Å². The van der Waals surface area contributed by atoms with Crippen LogP contribution in [0.15, 0.2) is 18.2 Å². The van der Waals surface area contributed by atoms with Crippen molar-refractivity contribution in [2.75, 3.05) is 32.1 Å². The van der Waals surface area contributed by atoms with Crippen molar-refractivity contribution in [2.24, 2.45) is 0 Å². The molecule has 17 heavy (non-hydrogen) atoms. The maximum Gasteiger partial charge on any atom is 0.175 e. The van der Waals surface area contributed by atoms with Gasteiger partial charge in [0.05, 0.1) is 11.3 Å². The van der Waals surface area contributed by atoms with E-state index in [0.717, 1.165) is 30.5 Å². The lowest BCUT2D eigenvalue weighted by molar-refractivity contribution is 0.101. The Morgan fingerprint density at radius 1 is 1.35 bits per heavy atom. The van der Waals surface area contributed by atoms with Crippen molar-refractivity contribution in [3.05, 3.63) is 35.4 Å². The highest BCUT2D eigenvalue weighted by molar-refractivity contribution is 8.00. The number of rotatable bonds is 6.